The SMILES string of the molecule is COC(=O)CC1CCN(C(=O)CC2NC(=O)N(CCc3c[nH]c4ccccc34)C2=O)CC1. The normalized spacial score (nSPS) is 19.5. The zero-order chi connectivity index (χ0) is 22.7. The van der Waals surface area contributed by atoms with Crippen molar-refractivity contribution >= 4 is 34.7 Å². The van der Waals surface area contributed by atoms with Crippen LogP contribution in [0.2, 0.25) is 0 Å². The average molecular weight is 441 g/mol. The zero-order valence-electron chi connectivity index (χ0n) is 18.1. The molecule has 1 aromatic heterocycles. The number of aromatic amines is 1. The van der Waals surface area contributed by atoms with Crippen molar-refractivity contribution in [2.75, 3.05) is 26.7 Å². The van der Waals surface area contributed by atoms with E-state index < -0.39 is 12.1 Å². The number of ether oxygens (including phenoxy) is 1. The fraction of sp³-hybridized carbons (Fsp3) is 0.478. The number of H-pyrrole nitrogens is 1. The molecule has 2 N–H and O–H groups in total. The number of carbonyl (C=O) groups is 4. The van der Waals surface area contributed by atoms with Gasteiger partial charge in [0.2, 0.25) is 5.91 Å². The van der Waals surface area contributed by atoms with E-state index in [4.69, 9.17) is 4.74 Å². The second-order valence-electron chi connectivity index (χ2n) is 8.41. The summed E-state index contributed by atoms with van der Waals surface area (Å²) >= 11 is 0. The highest BCUT2D eigenvalue weighted by Crippen LogP contribution is 2.23. The van der Waals surface area contributed by atoms with Gasteiger partial charge in [-0.15, -0.1) is 0 Å². The molecular weight excluding hydrogens is 412 g/mol. The van der Waals surface area contributed by atoms with Crippen LogP contribution in [0.5, 0.6) is 0 Å². The van der Waals surface area contributed by atoms with Gasteiger partial charge in [-0.2, -0.15) is 0 Å². The van der Waals surface area contributed by atoms with Gasteiger partial charge in [0.25, 0.3) is 5.91 Å². The molecule has 9 heteroatoms. The lowest BCUT2D eigenvalue weighted by atomic mass is 9.93. The smallest absolute Gasteiger partial charge is 0.324 e. The quantitative estimate of drug-likeness (QED) is 0.504. The monoisotopic (exact) mass is 440 g/mol. The first kappa shape index (κ1) is 21.9. The van der Waals surface area contributed by atoms with Crippen molar-refractivity contribution in [3.8, 4) is 0 Å². The Kier molecular flexibility index (Phi) is 6.43. The van der Waals surface area contributed by atoms with Gasteiger partial charge in [0.15, 0.2) is 0 Å². The van der Waals surface area contributed by atoms with E-state index in [0.29, 0.717) is 25.9 Å². The van der Waals surface area contributed by atoms with Crippen LogP contribution in [0.25, 0.3) is 10.9 Å². The number of carbonyl (C=O) groups excluding carboxylic acids is 4. The molecule has 1 atom stereocenters. The van der Waals surface area contributed by atoms with Crippen molar-refractivity contribution in [3.63, 3.8) is 0 Å². The molecule has 2 saturated heterocycles. The van der Waals surface area contributed by atoms with E-state index in [1.54, 1.807) is 4.90 Å². The van der Waals surface area contributed by atoms with Gasteiger partial charge in [-0.3, -0.25) is 19.3 Å². The summed E-state index contributed by atoms with van der Waals surface area (Å²) in [4.78, 5) is 55.4. The van der Waals surface area contributed by atoms with Crippen LogP contribution in [-0.4, -0.2) is 71.4 Å². The number of hydrogen-bond acceptors (Lipinski definition) is 5. The van der Waals surface area contributed by atoms with Crippen LogP contribution < -0.4 is 5.32 Å². The van der Waals surface area contributed by atoms with Crippen molar-refractivity contribution in [1.82, 2.24) is 20.1 Å². The van der Waals surface area contributed by atoms with Crippen molar-refractivity contribution < 1.29 is 23.9 Å². The Morgan fingerprint density at radius 2 is 1.88 bits per heavy atom. The topological polar surface area (TPSA) is 112 Å². The van der Waals surface area contributed by atoms with Crippen molar-refractivity contribution in [1.29, 1.82) is 0 Å². The Morgan fingerprint density at radius 1 is 1.12 bits per heavy atom. The third kappa shape index (κ3) is 4.61. The van der Waals surface area contributed by atoms with E-state index in [0.717, 1.165) is 29.3 Å². The van der Waals surface area contributed by atoms with E-state index >= 15 is 0 Å². The van der Waals surface area contributed by atoms with Crippen LogP contribution in [0, 0.1) is 5.92 Å². The molecule has 0 bridgehead atoms. The molecule has 32 heavy (non-hydrogen) atoms. The van der Waals surface area contributed by atoms with Crippen LogP contribution in [0.15, 0.2) is 30.5 Å². The second kappa shape index (κ2) is 9.42. The number of piperidine rings is 1. The first-order valence-corrected chi connectivity index (χ1v) is 11.0. The molecule has 9 nitrogen and oxygen atoms in total. The molecule has 4 rings (SSSR count). The standard InChI is InChI=1S/C23H28N4O5/c1-32-21(29)12-15-6-9-26(10-7-15)20(28)13-19-22(30)27(23(31)25-19)11-8-16-14-24-18-5-3-2-4-17(16)18/h2-5,14-15,19,24H,6-13H2,1H3,(H,25,31). The maximum atomic E-state index is 12.8. The van der Waals surface area contributed by atoms with E-state index in [1.807, 2.05) is 30.5 Å². The van der Waals surface area contributed by atoms with Gasteiger partial charge >= 0.3 is 12.0 Å². The molecule has 0 aliphatic carbocycles. The number of benzene rings is 1. The zero-order valence-corrected chi connectivity index (χ0v) is 18.1. The summed E-state index contributed by atoms with van der Waals surface area (Å²) < 4.78 is 4.71. The Morgan fingerprint density at radius 3 is 2.62 bits per heavy atom. The van der Waals surface area contributed by atoms with Crippen LogP contribution in [0.1, 0.15) is 31.2 Å². The molecule has 4 amide bonds. The number of para-hydroxylation sites is 1. The largest absolute Gasteiger partial charge is 0.469 e. The minimum atomic E-state index is -0.828. The number of esters is 1. The van der Waals surface area contributed by atoms with Crippen LogP contribution >= 0.6 is 0 Å². The fourth-order valence-corrected chi connectivity index (χ4v) is 4.51. The molecule has 0 spiro atoms. The van der Waals surface area contributed by atoms with Crippen LogP contribution in [-0.2, 0) is 25.5 Å². The minimum absolute atomic E-state index is 0.0458. The van der Waals surface area contributed by atoms with Gasteiger partial charge < -0.3 is 19.9 Å². The number of amides is 4. The number of hydrogen-bond donors (Lipinski definition) is 2. The number of likely N-dealkylation sites (tertiary alicyclic amines) is 1. The van der Waals surface area contributed by atoms with Crippen LogP contribution in [0.4, 0.5) is 4.79 Å². The number of fused-ring (bicyclic) bond motifs is 1. The maximum absolute atomic E-state index is 12.8. The fourth-order valence-electron chi connectivity index (χ4n) is 4.51. The summed E-state index contributed by atoms with van der Waals surface area (Å²) in [6, 6.07) is 6.60. The van der Waals surface area contributed by atoms with E-state index in [-0.39, 0.29) is 36.7 Å². The number of nitrogens with zero attached hydrogens (tertiary/aromatic N) is 2. The van der Waals surface area contributed by atoms with Crippen LogP contribution in [0.3, 0.4) is 0 Å². The second-order valence-corrected chi connectivity index (χ2v) is 8.41. The highest BCUT2D eigenvalue weighted by molar-refractivity contribution is 6.05. The molecular formula is C23H28N4O5. The lowest BCUT2D eigenvalue weighted by molar-refractivity contribution is -0.142. The third-order valence-corrected chi connectivity index (χ3v) is 6.42. The number of aromatic nitrogens is 1. The average Bonchev–Trinajstić information content (AvgIpc) is 3.33. The van der Waals surface area contributed by atoms with E-state index in [2.05, 4.69) is 10.3 Å². The molecule has 0 saturated carbocycles. The molecule has 2 fully saturated rings. The summed E-state index contributed by atoms with van der Waals surface area (Å²) in [6.45, 7) is 1.34. The van der Waals surface area contributed by atoms with Gasteiger partial charge in [-0.25, -0.2) is 4.79 Å². The van der Waals surface area contributed by atoms with Gasteiger partial charge in [0.1, 0.15) is 6.04 Å². The summed E-state index contributed by atoms with van der Waals surface area (Å²) in [5, 5.41) is 3.73. The number of methoxy groups -OCH3 is 1. The minimum Gasteiger partial charge on any atom is -0.469 e. The summed E-state index contributed by atoms with van der Waals surface area (Å²) in [6.07, 6.45) is 4.20. The summed E-state index contributed by atoms with van der Waals surface area (Å²) in [5.41, 5.74) is 2.05. The first-order chi connectivity index (χ1) is 15.5. The van der Waals surface area contributed by atoms with Gasteiger partial charge in [0, 0.05) is 43.2 Å². The highest BCUT2D eigenvalue weighted by Gasteiger charge is 2.39. The maximum Gasteiger partial charge on any atom is 0.324 e. The Hall–Kier alpha value is -3.36. The Bertz CT molecular complexity index is 1020. The molecule has 1 unspecified atom stereocenters. The molecule has 170 valence electrons. The van der Waals surface area contributed by atoms with Gasteiger partial charge in [0.05, 0.1) is 13.5 Å². The number of rotatable bonds is 7. The van der Waals surface area contributed by atoms with Crippen molar-refractivity contribution in [3.05, 3.63) is 36.0 Å². The third-order valence-electron chi connectivity index (χ3n) is 6.42. The predicted octanol–water partition coefficient (Wildman–Crippen LogP) is 1.82. The van der Waals surface area contributed by atoms with E-state index in [1.165, 1.54) is 12.0 Å². The predicted molar refractivity (Wildman–Crippen MR) is 117 cm³/mol. The number of nitrogens with one attached hydrogen (secondary N) is 2. The summed E-state index contributed by atoms with van der Waals surface area (Å²) in [7, 11) is 1.37. The molecule has 0 radical (unpaired) electrons. The van der Waals surface area contributed by atoms with Gasteiger partial charge in [-0.05, 0) is 36.8 Å². The molecule has 2 aliphatic heterocycles. The summed E-state index contributed by atoms with van der Waals surface area (Å²) in [5.74, 6) is -0.538. The Balaban J connectivity index is 1.28. The van der Waals surface area contributed by atoms with Crippen molar-refractivity contribution in [2.45, 2.75) is 38.1 Å². The lowest BCUT2D eigenvalue weighted by Crippen LogP contribution is -2.43. The van der Waals surface area contributed by atoms with E-state index in [9.17, 15) is 19.2 Å². The molecule has 3 heterocycles. The molecule has 2 aliphatic rings. The number of urea groups is 1. The Labute approximate surface area is 186 Å². The first-order valence-electron chi connectivity index (χ1n) is 11.0. The number of imide groups is 1. The molecule has 2 aromatic rings. The molecule has 1 aromatic carbocycles. The lowest BCUT2D eigenvalue weighted by Gasteiger charge is -2.32. The highest BCUT2D eigenvalue weighted by atomic mass is 16.5. The van der Waals surface area contributed by atoms with Crippen molar-refractivity contribution in [2.24, 2.45) is 5.92 Å². The van der Waals surface area contributed by atoms with Gasteiger partial charge in [-0.1, -0.05) is 18.2 Å².